The van der Waals surface area contributed by atoms with Gasteiger partial charge in [-0.25, -0.2) is 4.98 Å². The van der Waals surface area contributed by atoms with Crippen LogP contribution in [0, 0.1) is 0 Å². The molecule has 0 atom stereocenters. The van der Waals surface area contributed by atoms with E-state index in [-0.39, 0.29) is 0 Å². The summed E-state index contributed by atoms with van der Waals surface area (Å²) < 4.78 is 11.1. The van der Waals surface area contributed by atoms with E-state index in [9.17, 15) is 0 Å². The maximum Gasteiger partial charge on any atom is 0.134 e. The number of hydrogen-bond acceptors (Lipinski definition) is 3. The van der Waals surface area contributed by atoms with Gasteiger partial charge in [0.2, 0.25) is 0 Å². The molecule has 0 aliphatic heterocycles. The average Bonchev–Trinajstić information content (AvgIpc) is 3.20. The quantitative estimate of drug-likeness (QED) is 0.747. The Morgan fingerprint density at radius 3 is 2.90 bits per heavy atom. The normalized spacial score (nSPS) is 10.7. The van der Waals surface area contributed by atoms with Crippen molar-refractivity contribution in [1.29, 1.82) is 0 Å². The van der Waals surface area contributed by atoms with Crippen molar-refractivity contribution in [2.75, 3.05) is 6.61 Å². The van der Waals surface area contributed by atoms with Gasteiger partial charge in [-0.15, -0.1) is 0 Å². The second kappa shape index (κ2) is 6.31. The van der Waals surface area contributed by atoms with E-state index in [0.717, 1.165) is 35.7 Å². The number of ether oxygens (including phenoxy) is 1. The number of aryl methyl sites for hydroxylation is 2. The highest BCUT2D eigenvalue weighted by molar-refractivity contribution is 5.64. The first kappa shape index (κ1) is 13.5. The predicted octanol–water partition coefficient (Wildman–Crippen LogP) is 3.85. The number of imidazole rings is 1. The van der Waals surface area contributed by atoms with Crippen LogP contribution in [0.1, 0.15) is 18.3 Å². The van der Waals surface area contributed by atoms with E-state index in [1.165, 1.54) is 5.56 Å². The predicted molar refractivity (Wildman–Crippen MR) is 81.3 cm³/mol. The molecule has 2 aromatic heterocycles. The number of aromatic amines is 1. The van der Waals surface area contributed by atoms with Crippen molar-refractivity contribution in [2.45, 2.75) is 19.8 Å². The van der Waals surface area contributed by atoms with E-state index in [2.05, 4.69) is 16.0 Å². The molecule has 3 rings (SSSR count). The molecular weight excluding hydrogens is 264 g/mol. The summed E-state index contributed by atoms with van der Waals surface area (Å²) in [5, 5.41) is 0. The number of nitrogens with zero attached hydrogens (tertiary/aromatic N) is 1. The summed E-state index contributed by atoms with van der Waals surface area (Å²) in [5.74, 6) is 2.73. The van der Waals surface area contributed by atoms with Crippen molar-refractivity contribution < 1.29 is 9.15 Å². The molecule has 2 heterocycles. The van der Waals surface area contributed by atoms with Crippen LogP contribution in [0.15, 0.2) is 53.4 Å². The molecule has 0 spiro atoms. The van der Waals surface area contributed by atoms with Gasteiger partial charge in [-0.1, -0.05) is 6.07 Å². The van der Waals surface area contributed by atoms with Gasteiger partial charge in [0.15, 0.2) is 0 Å². The van der Waals surface area contributed by atoms with Gasteiger partial charge >= 0.3 is 0 Å². The number of hydrogen-bond donors (Lipinski definition) is 1. The second-order valence-corrected chi connectivity index (χ2v) is 4.77. The molecule has 0 unspecified atom stereocenters. The van der Waals surface area contributed by atoms with Crippen molar-refractivity contribution in [3.63, 3.8) is 0 Å². The van der Waals surface area contributed by atoms with Crippen LogP contribution in [0.5, 0.6) is 5.75 Å². The smallest absolute Gasteiger partial charge is 0.134 e. The number of H-pyrrole nitrogens is 1. The fraction of sp³-hybridized carbons (Fsp3) is 0.235. The molecule has 108 valence electrons. The SMILES string of the molecule is CCOc1ccc(CCc2ncc[nH]2)c(-c2ccco2)c1. The topological polar surface area (TPSA) is 51.0 Å². The lowest BCUT2D eigenvalue weighted by atomic mass is 10.0. The molecule has 0 fully saturated rings. The van der Waals surface area contributed by atoms with Crippen LogP contribution in [0.3, 0.4) is 0 Å². The Morgan fingerprint density at radius 1 is 1.24 bits per heavy atom. The molecule has 21 heavy (non-hydrogen) atoms. The minimum Gasteiger partial charge on any atom is -0.494 e. The van der Waals surface area contributed by atoms with Crippen molar-refractivity contribution >= 4 is 0 Å². The van der Waals surface area contributed by atoms with Crippen LogP contribution >= 0.6 is 0 Å². The standard InChI is InChI=1S/C17H18N2O2/c1-2-20-14-7-5-13(6-8-17-18-9-10-19-17)15(12-14)16-4-3-11-21-16/h3-5,7,9-12H,2,6,8H2,1H3,(H,18,19). The summed E-state index contributed by atoms with van der Waals surface area (Å²) >= 11 is 0. The molecule has 1 N–H and O–H groups in total. The summed E-state index contributed by atoms with van der Waals surface area (Å²) in [5.41, 5.74) is 2.31. The average molecular weight is 282 g/mol. The number of benzene rings is 1. The molecule has 4 nitrogen and oxygen atoms in total. The van der Waals surface area contributed by atoms with Gasteiger partial charge in [-0.2, -0.15) is 0 Å². The van der Waals surface area contributed by atoms with Crippen LogP contribution in [-0.2, 0) is 12.8 Å². The van der Waals surface area contributed by atoms with Gasteiger partial charge in [0.25, 0.3) is 0 Å². The Hall–Kier alpha value is -2.49. The van der Waals surface area contributed by atoms with Crippen molar-refractivity contribution in [3.8, 4) is 17.1 Å². The van der Waals surface area contributed by atoms with E-state index in [0.29, 0.717) is 6.61 Å². The zero-order valence-corrected chi connectivity index (χ0v) is 12.0. The molecule has 0 aliphatic rings. The summed E-state index contributed by atoms with van der Waals surface area (Å²) in [6.45, 7) is 2.64. The Morgan fingerprint density at radius 2 is 2.19 bits per heavy atom. The monoisotopic (exact) mass is 282 g/mol. The Bertz CT molecular complexity index is 673. The van der Waals surface area contributed by atoms with Crippen LogP contribution in [0.25, 0.3) is 11.3 Å². The van der Waals surface area contributed by atoms with E-state index in [1.807, 2.05) is 37.4 Å². The van der Waals surface area contributed by atoms with Gasteiger partial charge < -0.3 is 14.1 Å². The minimum atomic E-state index is 0.656. The Balaban J connectivity index is 1.87. The molecule has 0 aliphatic carbocycles. The molecule has 0 radical (unpaired) electrons. The van der Waals surface area contributed by atoms with Gasteiger partial charge in [0, 0.05) is 24.4 Å². The van der Waals surface area contributed by atoms with Crippen molar-refractivity contribution in [3.05, 3.63) is 60.4 Å². The lowest BCUT2D eigenvalue weighted by Gasteiger charge is -2.10. The maximum absolute atomic E-state index is 5.59. The van der Waals surface area contributed by atoms with Crippen LogP contribution < -0.4 is 4.74 Å². The van der Waals surface area contributed by atoms with Crippen LogP contribution in [-0.4, -0.2) is 16.6 Å². The van der Waals surface area contributed by atoms with E-state index in [1.54, 1.807) is 12.5 Å². The van der Waals surface area contributed by atoms with E-state index >= 15 is 0 Å². The van der Waals surface area contributed by atoms with Gasteiger partial charge in [0.1, 0.15) is 17.3 Å². The molecule has 0 amide bonds. The van der Waals surface area contributed by atoms with E-state index in [4.69, 9.17) is 9.15 Å². The summed E-state index contributed by atoms with van der Waals surface area (Å²) in [6.07, 6.45) is 7.09. The zero-order chi connectivity index (χ0) is 14.5. The molecule has 1 aromatic carbocycles. The van der Waals surface area contributed by atoms with Crippen molar-refractivity contribution in [2.24, 2.45) is 0 Å². The first-order chi connectivity index (χ1) is 10.4. The largest absolute Gasteiger partial charge is 0.494 e. The lowest BCUT2D eigenvalue weighted by molar-refractivity contribution is 0.340. The summed E-state index contributed by atoms with van der Waals surface area (Å²) in [7, 11) is 0. The first-order valence-electron chi connectivity index (χ1n) is 7.14. The van der Waals surface area contributed by atoms with Crippen molar-refractivity contribution in [1.82, 2.24) is 9.97 Å². The highest BCUT2D eigenvalue weighted by Gasteiger charge is 2.10. The summed E-state index contributed by atoms with van der Waals surface area (Å²) in [6, 6.07) is 10.0. The molecular formula is C17H18N2O2. The Kier molecular flexibility index (Phi) is 4.05. The number of rotatable bonds is 6. The first-order valence-corrected chi connectivity index (χ1v) is 7.14. The number of furan rings is 1. The fourth-order valence-electron chi connectivity index (χ4n) is 2.38. The number of aromatic nitrogens is 2. The molecule has 3 aromatic rings. The molecule has 0 saturated heterocycles. The van der Waals surface area contributed by atoms with Gasteiger partial charge in [0.05, 0.1) is 12.9 Å². The summed E-state index contributed by atoms with van der Waals surface area (Å²) in [4.78, 5) is 7.40. The highest BCUT2D eigenvalue weighted by Crippen LogP contribution is 2.29. The van der Waals surface area contributed by atoms with Crippen LogP contribution in [0.4, 0.5) is 0 Å². The minimum absolute atomic E-state index is 0.656. The molecule has 0 saturated carbocycles. The maximum atomic E-state index is 5.59. The van der Waals surface area contributed by atoms with Gasteiger partial charge in [-0.3, -0.25) is 0 Å². The Labute approximate surface area is 123 Å². The van der Waals surface area contributed by atoms with E-state index < -0.39 is 0 Å². The van der Waals surface area contributed by atoms with Crippen LogP contribution in [0.2, 0.25) is 0 Å². The van der Waals surface area contributed by atoms with Gasteiger partial charge in [-0.05, 0) is 43.2 Å². The third-order valence-electron chi connectivity index (χ3n) is 3.36. The number of nitrogens with one attached hydrogen (secondary N) is 1. The lowest BCUT2D eigenvalue weighted by Crippen LogP contribution is -1.98. The zero-order valence-electron chi connectivity index (χ0n) is 12.0. The molecule has 4 heteroatoms. The second-order valence-electron chi connectivity index (χ2n) is 4.77. The molecule has 0 bridgehead atoms. The third-order valence-corrected chi connectivity index (χ3v) is 3.36. The third kappa shape index (κ3) is 3.16. The highest BCUT2D eigenvalue weighted by atomic mass is 16.5. The fourth-order valence-corrected chi connectivity index (χ4v) is 2.38.